The SMILES string of the molecule is Cc1nnc2ccc(NCC3CCN(c4ccncc4)CC3)nn12. The number of aryl methyl sites for hydroxylation is 1. The Morgan fingerprint density at radius 1 is 1.08 bits per heavy atom. The lowest BCUT2D eigenvalue weighted by Gasteiger charge is -2.33. The summed E-state index contributed by atoms with van der Waals surface area (Å²) >= 11 is 0. The summed E-state index contributed by atoms with van der Waals surface area (Å²) in [5.41, 5.74) is 2.05. The molecule has 7 heteroatoms. The fourth-order valence-corrected chi connectivity index (χ4v) is 3.19. The highest BCUT2D eigenvalue weighted by molar-refractivity contribution is 5.45. The molecule has 0 aromatic carbocycles. The normalized spacial score (nSPS) is 15.8. The van der Waals surface area contributed by atoms with E-state index >= 15 is 0 Å². The van der Waals surface area contributed by atoms with Crippen LogP contribution in [-0.4, -0.2) is 44.4 Å². The van der Waals surface area contributed by atoms with E-state index < -0.39 is 0 Å². The molecule has 1 aliphatic heterocycles. The molecule has 4 heterocycles. The van der Waals surface area contributed by atoms with Crippen molar-refractivity contribution in [1.82, 2.24) is 24.8 Å². The number of aromatic nitrogens is 5. The number of hydrogen-bond acceptors (Lipinski definition) is 6. The number of piperidine rings is 1. The van der Waals surface area contributed by atoms with Crippen LogP contribution in [0.2, 0.25) is 0 Å². The van der Waals surface area contributed by atoms with Crippen LogP contribution in [0, 0.1) is 12.8 Å². The van der Waals surface area contributed by atoms with Crippen LogP contribution in [0.15, 0.2) is 36.7 Å². The molecule has 0 amide bonds. The third kappa shape index (κ3) is 3.02. The maximum absolute atomic E-state index is 4.54. The second kappa shape index (κ2) is 6.43. The van der Waals surface area contributed by atoms with Crippen molar-refractivity contribution in [1.29, 1.82) is 0 Å². The van der Waals surface area contributed by atoms with Crippen molar-refractivity contribution in [3.05, 3.63) is 42.5 Å². The summed E-state index contributed by atoms with van der Waals surface area (Å²) in [6.45, 7) is 5.04. The van der Waals surface area contributed by atoms with Gasteiger partial charge in [0.2, 0.25) is 0 Å². The zero-order chi connectivity index (χ0) is 16.4. The average Bonchev–Trinajstić information content (AvgIpc) is 3.02. The molecule has 24 heavy (non-hydrogen) atoms. The van der Waals surface area contributed by atoms with Crippen LogP contribution in [0.5, 0.6) is 0 Å². The molecule has 1 aliphatic rings. The van der Waals surface area contributed by atoms with E-state index in [1.165, 1.54) is 18.5 Å². The van der Waals surface area contributed by atoms with Crippen LogP contribution >= 0.6 is 0 Å². The van der Waals surface area contributed by atoms with Crippen molar-refractivity contribution in [3.63, 3.8) is 0 Å². The predicted octanol–water partition coefficient (Wildman–Crippen LogP) is 2.16. The van der Waals surface area contributed by atoms with E-state index in [-0.39, 0.29) is 0 Å². The van der Waals surface area contributed by atoms with Crippen LogP contribution in [0.25, 0.3) is 5.65 Å². The Morgan fingerprint density at radius 2 is 1.88 bits per heavy atom. The van der Waals surface area contributed by atoms with E-state index in [1.54, 1.807) is 4.52 Å². The molecule has 7 nitrogen and oxygen atoms in total. The molecule has 0 saturated carbocycles. The molecule has 4 rings (SSSR count). The summed E-state index contributed by atoms with van der Waals surface area (Å²) in [7, 11) is 0. The average molecular weight is 323 g/mol. The van der Waals surface area contributed by atoms with Crippen molar-refractivity contribution >= 4 is 17.2 Å². The van der Waals surface area contributed by atoms with Gasteiger partial charge >= 0.3 is 0 Å². The smallest absolute Gasteiger partial charge is 0.178 e. The number of nitrogens with one attached hydrogen (secondary N) is 1. The molecular weight excluding hydrogens is 302 g/mol. The lowest BCUT2D eigenvalue weighted by molar-refractivity contribution is 0.423. The van der Waals surface area contributed by atoms with Crippen LogP contribution < -0.4 is 10.2 Å². The number of hydrogen-bond donors (Lipinski definition) is 1. The molecular formula is C17H21N7. The number of rotatable bonds is 4. The molecule has 0 bridgehead atoms. The highest BCUT2D eigenvalue weighted by atomic mass is 15.4. The Balaban J connectivity index is 1.33. The molecule has 1 N–H and O–H groups in total. The van der Waals surface area contributed by atoms with Crippen LogP contribution in [-0.2, 0) is 0 Å². The first-order valence-electron chi connectivity index (χ1n) is 8.37. The van der Waals surface area contributed by atoms with Crippen molar-refractivity contribution in [2.75, 3.05) is 29.9 Å². The molecule has 3 aromatic rings. The van der Waals surface area contributed by atoms with Crippen LogP contribution in [0.3, 0.4) is 0 Å². The maximum Gasteiger partial charge on any atom is 0.178 e. The highest BCUT2D eigenvalue weighted by Crippen LogP contribution is 2.23. The van der Waals surface area contributed by atoms with Gasteiger partial charge in [-0.2, -0.15) is 4.52 Å². The van der Waals surface area contributed by atoms with E-state index in [9.17, 15) is 0 Å². The van der Waals surface area contributed by atoms with Gasteiger partial charge in [-0.05, 0) is 49.9 Å². The Hall–Kier alpha value is -2.70. The van der Waals surface area contributed by atoms with Gasteiger partial charge in [-0.3, -0.25) is 4.98 Å². The minimum absolute atomic E-state index is 0.669. The predicted molar refractivity (Wildman–Crippen MR) is 93.2 cm³/mol. The molecule has 124 valence electrons. The summed E-state index contributed by atoms with van der Waals surface area (Å²) in [5, 5.41) is 16.1. The number of fused-ring (bicyclic) bond motifs is 1. The molecule has 1 saturated heterocycles. The van der Waals surface area contributed by atoms with Gasteiger partial charge < -0.3 is 10.2 Å². The summed E-state index contributed by atoms with van der Waals surface area (Å²) in [6.07, 6.45) is 6.09. The minimum Gasteiger partial charge on any atom is -0.371 e. The highest BCUT2D eigenvalue weighted by Gasteiger charge is 2.19. The Labute approximate surface area is 140 Å². The number of nitrogens with zero attached hydrogens (tertiary/aromatic N) is 6. The Kier molecular flexibility index (Phi) is 3.98. The van der Waals surface area contributed by atoms with Crippen LogP contribution in [0.4, 0.5) is 11.5 Å². The monoisotopic (exact) mass is 323 g/mol. The molecule has 0 unspecified atom stereocenters. The maximum atomic E-state index is 4.54. The topological polar surface area (TPSA) is 71.2 Å². The second-order valence-corrected chi connectivity index (χ2v) is 6.25. The lowest BCUT2D eigenvalue weighted by atomic mass is 9.96. The lowest BCUT2D eigenvalue weighted by Crippen LogP contribution is -2.35. The zero-order valence-corrected chi connectivity index (χ0v) is 13.8. The molecule has 3 aromatic heterocycles. The quantitative estimate of drug-likeness (QED) is 0.793. The second-order valence-electron chi connectivity index (χ2n) is 6.25. The molecule has 0 aliphatic carbocycles. The van der Waals surface area contributed by atoms with Gasteiger partial charge in [0.1, 0.15) is 5.82 Å². The third-order valence-corrected chi connectivity index (χ3v) is 4.63. The van der Waals surface area contributed by atoms with Crippen molar-refractivity contribution in [2.45, 2.75) is 19.8 Å². The van der Waals surface area contributed by atoms with E-state index in [4.69, 9.17) is 0 Å². The fraction of sp³-hybridized carbons (Fsp3) is 0.412. The number of pyridine rings is 1. The van der Waals surface area contributed by atoms with Crippen LogP contribution in [0.1, 0.15) is 18.7 Å². The summed E-state index contributed by atoms with van der Waals surface area (Å²) in [5.74, 6) is 2.35. The standard InChI is InChI=1S/C17H21N7/c1-13-20-21-17-3-2-16(22-24(13)17)19-12-14-6-10-23(11-7-14)15-4-8-18-9-5-15/h2-5,8-9,14H,6-7,10-12H2,1H3,(H,19,22). The van der Waals surface area contributed by atoms with Gasteiger partial charge in [0.05, 0.1) is 0 Å². The van der Waals surface area contributed by atoms with E-state index in [0.717, 1.165) is 36.9 Å². The van der Waals surface area contributed by atoms with Crippen molar-refractivity contribution in [3.8, 4) is 0 Å². The molecule has 0 spiro atoms. The third-order valence-electron chi connectivity index (χ3n) is 4.63. The van der Waals surface area contributed by atoms with Crippen molar-refractivity contribution < 1.29 is 0 Å². The van der Waals surface area contributed by atoms with Crippen molar-refractivity contribution in [2.24, 2.45) is 5.92 Å². The largest absolute Gasteiger partial charge is 0.371 e. The molecule has 0 atom stereocenters. The molecule has 1 fully saturated rings. The summed E-state index contributed by atoms with van der Waals surface area (Å²) in [6, 6.07) is 8.08. The van der Waals surface area contributed by atoms with E-state index in [2.05, 4.69) is 42.6 Å². The van der Waals surface area contributed by atoms with Gasteiger partial charge in [-0.1, -0.05) is 0 Å². The summed E-state index contributed by atoms with van der Waals surface area (Å²) < 4.78 is 1.77. The van der Waals surface area contributed by atoms with Gasteiger partial charge in [0.15, 0.2) is 11.5 Å². The Bertz CT molecular complexity index is 806. The first-order chi connectivity index (χ1) is 11.8. The fourth-order valence-electron chi connectivity index (χ4n) is 3.19. The number of anilines is 2. The van der Waals surface area contributed by atoms with Gasteiger partial charge in [-0.25, -0.2) is 0 Å². The zero-order valence-electron chi connectivity index (χ0n) is 13.8. The van der Waals surface area contributed by atoms with Gasteiger partial charge in [-0.15, -0.1) is 15.3 Å². The van der Waals surface area contributed by atoms with E-state index in [0.29, 0.717) is 5.92 Å². The molecule has 0 radical (unpaired) electrons. The first-order valence-corrected chi connectivity index (χ1v) is 8.37. The summed E-state index contributed by atoms with van der Waals surface area (Å²) in [4.78, 5) is 6.52. The van der Waals surface area contributed by atoms with E-state index in [1.807, 2.05) is 31.5 Å². The first kappa shape index (κ1) is 14.9. The Morgan fingerprint density at radius 3 is 2.67 bits per heavy atom. The van der Waals surface area contributed by atoms with Gasteiger partial charge in [0, 0.05) is 37.7 Å². The minimum atomic E-state index is 0.669. The van der Waals surface area contributed by atoms with Gasteiger partial charge in [0.25, 0.3) is 0 Å².